The van der Waals surface area contributed by atoms with Crippen LogP contribution in [-0.4, -0.2) is 59.8 Å². The van der Waals surface area contributed by atoms with E-state index in [9.17, 15) is 0 Å². The first-order chi connectivity index (χ1) is 12.2. The average Bonchev–Trinajstić information content (AvgIpc) is 3.12. The van der Waals surface area contributed by atoms with Crippen LogP contribution in [-0.2, 0) is 0 Å². The summed E-state index contributed by atoms with van der Waals surface area (Å²) in [5, 5.41) is 0. The summed E-state index contributed by atoms with van der Waals surface area (Å²) in [4.78, 5) is 25.6. The Kier molecular flexibility index (Phi) is 6.78. The Labute approximate surface area is 191 Å². The molecule has 0 radical (unpaired) electrons. The van der Waals surface area contributed by atoms with Crippen LogP contribution in [0.5, 0.6) is 0 Å². The van der Waals surface area contributed by atoms with E-state index in [4.69, 9.17) is 0 Å². The molecule has 26 heavy (non-hydrogen) atoms. The zero-order valence-corrected chi connectivity index (χ0v) is 26.9. The summed E-state index contributed by atoms with van der Waals surface area (Å²) in [7, 11) is 0. The van der Waals surface area contributed by atoms with Gasteiger partial charge in [0.1, 0.15) is 0 Å². The van der Waals surface area contributed by atoms with Gasteiger partial charge in [0, 0.05) is 0 Å². The fourth-order valence-electron chi connectivity index (χ4n) is 3.19. The van der Waals surface area contributed by atoms with Crippen LogP contribution in [0, 0.1) is 0 Å². The summed E-state index contributed by atoms with van der Waals surface area (Å²) in [6.07, 6.45) is 0. The molecule has 0 atom stereocenters. The molecule has 0 unspecified atom stereocenters. The summed E-state index contributed by atoms with van der Waals surface area (Å²) in [5.41, 5.74) is 0. The normalized spacial score (nSPS) is 17.9. The first-order valence-corrected chi connectivity index (χ1v) is 34.6. The summed E-state index contributed by atoms with van der Waals surface area (Å²) in [5.74, 6) is 5.14. The van der Waals surface area contributed by atoms with Gasteiger partial charge in [-0.3, -0.25) is 0 Å². The van der Waals surface area contributed by atoms with Crippen LogP contribution in [0.25, 0.3) is 9.75 Å². The van der Waals surface area contributed by atoms with Crippen molar-refractivity contribution in [1.82, 2.24) is 0 Å². The van der Waals surface area contributed by atoms with Crippen molar-refractivity contribution in [3.63, 3.8) is 0 Å². The standard InChI is InChI=1S/C12H8S6.6CH3.2Sn/c1-3-15-9-7(13-1)5-17-11(9)12-10-8(6-18-12)14-2-4-16-10;;;;;;;;/h1-4H2;6*1H3;;. The third-order valence-electron chi connectivity index (χ3n) is 4.37. The van der Waals surface area contributed by atoms with Crippen molar-refractivity contribution in [3.05, 3.63) is 0 Å². The Hall–Kier alpha value is 2.40. The second-order valence-corrected chi connectivity index (χ2v) is 45.8. The number of thioether (sulfide) groups is 4. The first-order valence-electron chi connectivity index (χ1n) is 9.04. The van der Waals surface area contributed by atoms with E-state index in [1.807, 2.05) is 5.79 Å². The molecule has 0 aliphatic carbocycles. The van der Waals surface area contributed by atoms with Gasteiger partial charge < -0.3 is 0 Å². The molecule has 0 aromatic carbocycles. The van der Waals surface area contributed by atoms with Crippen LogP contribution in [0.2, 0.25) is 29.6 Å². The Balaban J connectivity index is 1.94. The molecule has 0 saturated carbocycles. The monoisotopic (exact) mass is 674 g/mol. The quantitative estimate of drug-likeness (QED) is 0.324. The van der Waals surface area contributed by atoms with Crippen molar-refractivity contribution in [2.45, 2.75) is 49.2 Å². The molecule has 0 spiro atoms. The topological polar surface area (TPSA) is 0 Å². The fraction of sp³-hybridized carbons (Fsp3) is 0.556. The Bertz CT molecular complexity index is 767. The fourth-order valence-corrected chi connectivity index (χ4v) is 29.2. The van der Waals surface area contributed by atoms with Crippen molar-refractivity contribution in [2.75, 3.05) is 23.0 Å². The molecule has 4 heterocycles. The van der Waals surface area contributed by atoms with E-state index >= 15 is 0 Å². The van der Waals surface area contributed by atoms with Crippen LogP contribution in [0.4, 0.5) is 0 Å². The van der Waals surface area contributed by atoms with Crippen LogP contribution < -0.4 is 5.79 Å². The van der Waals surface area contributed by atoms with E-state index < -0.39 is 36.8 Å². The molecule has 2 aliphatic rings. The molecule has 0 amide bonds. The van der Waals surface area contributed by atoms with E-state index in [0.29, 0.717) is 0 Å². The van der Waals surface area contributed by atoms with Crippen LogP contribution >= 0.6 is 69.7 Å². The zero-order valence-electron chi connectivity index (χ0n) is 16.3. The molecule has 8 heteroatoms. The van der Waals surface area contributed by atoms with Crippen LogP contribution in [0.3, 0.4) is 0 Å². The van der Waals surface area contributed by atoms with E-state index in [1.54, 1.807) is 29.3 Å². The second kappa shape index (κ2) is 8.15. The van der Waals surface area contributed by atoms with Gasteiger partial charge in [0.25, 0.3) is 0 Å². The Morgan fingerprint density at radius 3 is 1.12 bits per heavy atom. The Morgan fingerprint density at radius 1 is 0.500 bits per heavy atom. The van der Waals surface area contributed by atoms with E-state index in [0.717, 1.165) is 0 Å². The van der Waals surface area contributed by atoms with Gasteiger partial charge in [-0.1, -0.05) is 0 Å². The predicted molar refractivity (Wildman–Crippen MR) is 136 cm³/mol. The summed E-state index contributed by atoms with van der Waals surface area (Å²) >= 11 is 8.82. The molecule has 2 aliphatic heterocycles. The van der Waals surface area contributed by atoms with Crippen molar-refractivity contribution in [1.29, 1.82) is 0 Å². The molecule has 2 aromatic rings. The van der Waals surface area contributed by atoms with Gasteiger partial charge >= 0.3 is 194 Å². The number of fused-ring (bicyclic) bond motifs is 2. The summed E-state index contributed by atoms with van der Waals surface area (Å²) in [6, 6.07) is 0. The van der Waals surface area contributed by atoms with Crippen molar-refractivity contribution in [3.8, 4) is 9.75 Å². The molecule has 0 nitrogen and oxygen atoms in total. The molecular weight excluding hydrogens is 646 g/mol. The first kappa shape index (κ1) is 21.6. The number of hydrogen-bond donors (Lipinski definition) is 0. The van der Waals surface area contributed by atoms with Gasteiger partial charge in [-0.25, -0.2) is 0 Å². The van der Waals surface area contributed by atoms with E-state index in [2.05, 4.69) is 99.4 Å². The van der Waals surface area contributed by atoms with Gasteiger partial charge in [-0.15, -0.1) is 0 Å². The number of thiophene rings is 2. The molecule has 2 aromatic heterocycles. The van der Waals surface area contributed by atoms with Gasteiger partial charge in [-0.2, -0.15) is 0 Å². The molecule has 142 valence electrons. The minimum atomic E-state index is -2.09. The maximum absolute atomic E-state index is 2.59. The third kappa shape index (κ3) is 4.11. The van der Waals surface area contributed by atoms with Crippen molar-refractivity contribution >= 4 is 112 Å². The second-order valence-electron chi connectivity index (χ2n) is 8.73. The van der Waals surface area contributed by atoms with E-state index in [1.165, 1.54) is 23.0 Å². The molecular formula is C18H26S6Sn2. The maximum atomic E-state index is 2.59. The Morgan fingerprint density at radius 2 is 0.808 bits per heavy atom. The molecule has 0 fully saturated rings. The van der Waals surface area contributed by atoms with Gasteiger partial charge in [-0.05, 0) is 0 Å². The number of rotatable bonds is 3. The van der Waals surface area contributed by atoms with Crippen LogP contribution in [0.1, 0.15) is 0 Å². The van der Waals surface area contributed by atoms with E-state index in [-0.39, 0.29) is 0 Å². The minimum absolute atomic E-state index is 1.28. The predicted octanol–water partition coefficient (Wildman–Crippen LogP) is 6.96. The van der Waals surface area contributed by atoms with Crippen LogP contribution in [0.15, 0.2) is 19.6 Å². The SMILES string of the molecule is [CH3][Sn]([CH3])([CH3])[c]1sc(-c2s[c]([Sn]([CH3])([CH3])[CH3])c3c2SCCS3)c2c1SCCS2. The average molecular weight is 672 g/mol. The molecule has 0 N–H and O–H groups in total. The van der Waals surface area contributed by atoms with Gasteiger partial charge in [0.15, 0.2) is 0 Å². The van der Waals surface area contributed by atoms with Gasteiger partial charge in [0.05, 0.1) is 0 Å². The third-order valence-corrected chi connectivity index (χ3v) is 32.5. The van der Waals surface area contributed by atoms with Gasteiger partial charge in [0.2, 0.25) is 0 Å². The summed E-state index contributed by atoms with van der Waals surface area (Å²) < 4.78 is 3.64. The molecule has 0 saturated heterocycles. The van der Waals surface area contributed by atoms with Crippen molar-refractivity contribution in [2.24, 2.45) is 0 Å². The summed E-state index contributed by atoms with van der Waals surface area (Å²) in [6.45, 7) is 0. The van der Waals surface area contributed by atoms with Crippen molar-refractivity contribution < 1.29 is 0 Å². The number of hydrogen-bond acceptors (Lipinski definition) is 6. The molecule has 4 rings (SSSR count). The molecule has 0 bridgehead atoms. The zero-order chi connectivity index (χ0) is 18.7.